The number of azide groups is 1. The van der Waals surface area contributed by atoms with E-state index in [9.17, 15) is 0 Å². The summed E-state index contributed by atoms with van der Waals surface area (Å²) in [6.07, 6.45) is 7.95. The molecule has 0 radical (unpaired) electrons. The zero-order valence-corrected chi connectivity index (χ0v) is 6.87. The van der Waals surface area contributed by atoms with Crippen LogP contribution in [0, 0.1) is 5.92 Å². The summed E-state index contributed by atoms with van der Waals surface area (Å²) in [5, 5.41) is 3.55. The Bertz CT molecular complexity index is 143. The molecule has 0 atom stereocenters. The Morgan fingerprint density at radius 1 is 1.27 bits per heavy atom. The zero-order valence-electron chi connectivity index (χ0n) is 6.87. The highest BCUT2D eigenvalue weighted by atomic mass is 15.1. The summed E-state index contributed by atoms with van der Waals surface area (Å²) in [5.41, 5.74) is 8.05. The van der Waals surface area contributed by atoms with Gasteiger partial charge in [-0.3, -0.25) is 0 Å². The number of hydrogen-bond donors (Lipinski definition) is 0. The van der Waals surface area contributed by atoms with Crippen molar-refractivity contribution in [3.63, 3.8) is 0 Å². The van der Waals surface area contributed by atoms with Crippen LogP contribution in [0.2, 0.25) is 0 Å². The van der Waals surface area contributed by atoms with E-state index in [1.165, 1.54) is 32.1 Å². The highest BCUT2D eigenvalue weighted by Crippen LogP contribution is 2.25. The van der Waals surface area contributed by atoms with Gasteiger partial charge in [0.1, 0.15) is 0 Å². The molecule has 0 aromatic rings. The van der Waals surface area contributed by atoms with Gasteiger partial charge in [0, 0.05) is 11.5 Å². The van der Waals surface area contributed by atoms with E-state index in [2.05, 4.69) is 10.0 Å². The smallest absolute Gasteiger partial charge is 0.0260 e. The van der Waals surface area contributed by atoms with Crippen molar-refractivity contribution in [3.05, 3.63) is 10.4 Å². The molecule has 0 N–H and O–H groups in total. The topological polar surface area (TPSA) is 48.8 Å². The lowest BCUT2D eigenvalue weighted by atomic mass is 9.87. The molecule has 1 aliphatic rings. The third kappa shape index (κ3) is 3.28. The predicted octanol–water partition coefficient (Wildman–Crippen LogP) is 3.27. The van der Waals surface area contributed by atoms with Crippen LogP contribution in [0.15, 0.2) is 5.11 Å². The molecule has 0 aromatic heterocycles. The van der Waals surface area contributed by atoms with Crippen molar-refractivity contribution in [3.8, 4) is 0 Å². The lowest BCUT2D eigenvalue weighted by Gasteiger charge is -2.20. The molecule has 0 aliphatic heterocycles. The lowest BCUT2D eigenvalue weighted by Crippen LogP contribution is -2.06. The van der Waals surface area contributed by atoms with Crippen LogP contribution in [0.5, 0.6) is 0 Å². The van der Waals surface area contributed by atoms with Crippen molar-refractivity contribution in [2.24, 2.45) is 11.0 Å². The van der Waals surface area contributed by atoms with Crippen LogP contribution in [0.4, 0.5) is 0 Å². The minimum Gasteiger partial charge on any atom is -0.0940 e. The summed E-state index contributed by atoms with van der Waals surface area (Å²) >= 11 is 0. The van der Waals surface area contributed by atoms with Gasteiger partial charge >= 0.3 is 0 Å². The third-order valence-electron chi connectivity index (χ3n) is 2.43. The molecule has 1 rings (SSSR count). The van der Waals surface area contributed by atoms with Gasteiger partial charge in [0.2, 0.25) is 0 Å². The summed E-state index contributed by atoms with van der Waals surface area (Å²) in [5.74, 6) is 0.842. The van der Waals surface area contributed by atoms with E-state index in [4.69, 9.17) is 5.53 Å². The fourth-order valence-corrected chi connectivity index (χ4v) is 1.76. The van der Waals surface area contributed by atoms with E-state index in [0.29, 0.717) is 6.54 Å². The van der Waals surface area contributed by atoms with Gasteiger partial charge in [0.25, 0.3) is 0 Å². The molecular formula is C8H15N3. The molecular weight excluding hydrogens is 138 g/mol. The van der Waals surface area contributed by atoms with E-state index < -0.39 is 0 Å². The quantitative estimate of drug-likeness (QED) is 0.339. The largest absolute Gasteiger partial charge is 0.0940 e. The van der Waals surface area contributed by atoms with Gasteiger partial charge in [0.15, 0.2) is 0 Å². The predicted molar refractivity (Wildman–Crippen MR) is 45.2 cm³/mol. The van der Waals surface area contributed by atoms with Crippen LogP contribution in [0.3, 0.4) is 0 Å². The fourth-order valence-electron chi connectivity index (χ4n) is 1.76. The van der Waals surface area contributed by atoms with E-state index in [1.807, 2.05) is 0 Å². The second kappa shape index (κ2) is 5.03. The van der Waals surface area contributed by atoms with E-state index >= 15 is 0 Å². The van der Waals surface area contributed by atoms with Crippen LogP contribution in [-0.2, 0) is 0 Å². The monoisotopic (exact) mass is 153 g/mol. The first-order chi connectivity index (χ1) is 5.43. The van der Waals surface area contributed by atoms with Crippen LogP contribution in [0.25, 0.3) is 10.4 Å². The molecule has 0 unspecified atom stereocenters. The first-order valence-corrected chi connectivity index (χ1v) is 4.44. The second-order valence-electron chi connectivity index (χ2n) is 3.25. The fraction of sp³-hybridized carbons (Fsp3) is 1.00. The molecule has 1 saturated carbocycles. The van der Waals surface area contributed by atoms with E-state index in [0.717, 1.165) is 12.3 Å². The molecule has 11 heavy (non-hydrogen) atoms. The number of nitrogens with zero attached hydrogens (tertiary/aromatic N) is 3. The highest BCUT2D eigenvalue weighted by Gasteiger charge is 2.11. The van der Waals surface area contributed by atoms with Crippen molar-refractivity contribution in [2.45, 2.75) is 38.5 Å². The molecule has 1 aliphatic carbocycles. The third-order valence-corrected chi connectivity index (χ3v) is 2.43. The molecule has 0 amide bonds. The first-order valence-electron chi connectivity index (χ1n) is 4.44. The second-order valence-corrected chi connectivity index (χ2v) is 3.25. The van der Waals surface area contributed by atoms with Crippen molar-refractivity contribution in [1.29, 1.82) is 0 Å². The average Bonchev–Trinajstić information content (AvgIpc) is 2.07. The van der Waals surface area contributed by atoms with E-state index in [-0.39, 0.29) is 0 Å². The van der Waals surface area contributed by atoms with Gasteiger partial charge in [-0.15, -0.1) is 0 Å². The van der Waals surface area contributed by atoms with Crippen LogP contribution >= 0.6 is 0 Å². The van der Waals surface area contributed by atoms with Gasteiger partial charge in [0.05, 0.1) is 0 Å². The van der Waals surface area contributed by atoms with Gasteiger partial charge < -0.3 is 0 Å². The highest BCUT2D eigenvalue weighted by molar-refractivity contribution is 4.66. The zero-order chi connectivity index (χ0) is 7.94. The van der Waals surface area contributed by atoms with Gasteiger partial charge in [-0.1, -0.05) is 37.2 Å². The van der Waals surface area contributed by atoms with Gasteiger partial charge in [-0.2, -0.15) is 0 Å². The van der Waals surface area contributed by atoms with E-state index in [1.54, 1.807) is 0 Å². The summed E-state index contributed by atoms with van der Waals surface area (Å²) < 4.78 is 0. The van der Waals surface area contributed by atoms with Crippen molar-refractivity contribution < 1.29 is 0 Å². The molecule has 0 heterocycles. The SMILES string of the molecule is [N-]=[N+]=NCCC1CCCCC1. The molecule has 0 saturated heterocycles. The summed E-state index contributed by atoms with van der Waals surface area (Å²) in [6, 6.07) is 0. The Hall–Kier alpha value is -0.690. The maximum atomic E-state index is 8.05. The molecule has 62 valence electrons. The standard InChI is InChI=1S/C8H15N3/c9-11-10-7-6-8-4-2-1-3-5-8/h8H,1-7H2. The summed E-state index contributed by atoms with van der Waals surface area (Å²) in [7, 11) is 0. The molecule has 0 aromatic carbocycles. The van der Waals surface area contributed by atoms with Crippen molar-refractivity contribution in [1.82, 2.24) is 0 Å². The van der Waals surface area contributed by atoms with Gasteiger partial charge in [-0.05, 0) is 17.9 Å². The maximum absolute atomic E-state index is 8.05. The minimum atomic E-state index is 0.696. The Morgan fingerprint density at radius 2 is 2.00 bits per heavy atom. The Labute approximate surface area is 67.4 Å². The molecule has 3 heteroatoms. The minimum absolute atomic E-state index is 0.696. The molecule has 1 fully saturated rings. The molecule has 0 bridgehead atoms. The molecule has 3 nitrogen and oxygen atoms in total. The van der Waals surface area contributed by atoms with Gasteiger partial charge in [-0.25, -0.2) is 0 Å². The van der Waals surface area contributed by atoms with Crippen LogP contribution in [0.1, 0.15) is 38.5 Å². The Balaban J connectivity index is 2.09. The lowest BCUT2D eigenvalue weighted by molar-refractivity contribution is 0.343. The first kappa shape index (κ1) is 8.41. The average molecular weight is 153 g/mol. The summed E-state index contributed by atoms with van der Waals surface area (Å²) in [6.45, 7) is 0.696. The normalized spacial score (nSPS) is 19.3. The number of rotatable bonds is 3. The Kier molecular flexibility index (Phi) is 3.84. The van der Waals surface area contributed by atoms with Crippen LogP contribution < -0.4 is 0 Å². The van der Waals surface area contributed by atoms with Crippen molar-refractivity contribution in [2.75, 3.05) is 6.54 Å². The number of hydrogen-bond acceptors (Lipinski definition) is 1. The molecule has 0 spiro atoms. The maximum Gasteiger partial charge on any atom is 0.0260 e. The van der Waals surface area contributed by atoms with Crippen LogP contribution in [-0.4, -0.2) is 6.54 Å². The Morgan fingerprint density at radius 3 is 2.64 bits per heavy atom. The summed E-state index contributed by atoms with van der Waals surface area (Å²) in [4.78, 5) is 2.75. The van der Waals surface area contributed by atoms with Crippen molar-refractivity contribution >= 4 is 0 Å².